The second kappa shape index (κ2) is 10.7. The van der Waals surface area contributed by atoms with Crippen molar-refractivity contribution in [2.45, 2.75) is 65.8 Å². The number of anilines is 1. The van der Waals surface area contributed by atoms with E-state index in [-0.39, 0.29) is 1.43 Å². The fourth-order valence-corrected chi connectivity index (χ4v) is 5.00. The average Bonchev–Trinajstić information content (AvgIpc) is 3.36. The fraction of sp³-hybridized carbons (Fsp3) is 0.464. The van der Waals surface area contributed by atoms with Crippen LogP contribution in [-0.2, 0) is 13.0 Å². The minimum Gasteiger partial charge on any atom is -0.463 e. The first-order valence-electron chi connectivity index (χ1n) is 12.2. The number of aryl methyl sites for hydroxylation is 2. The van der Waals surface area contributed by atoms with Gasteiger partial charge in [0.1, 0.15) is 0 Å². The van der Waals surface area contributed by atoms with Crippen LogP contribution < -0.4 is 9.64 Å². The summed E-state index contributed by atoms with van der Waals surface area (Å²) in [6, 6.07) is 15.6. The van der Waals surface area contributed by atoms with Crippen LogP contribution in [-0.4, -0.2) is 23.1 Å². The third kappa shape index (κ3) is 5.27. The molecule has 1 saturated carbocycles. The summed E-state index contributed by atoms with van der Waals surface area (Å²) in [5.74, 6) is 0.671. The van der Waals surface area contributed by atoms with Gasteiger partial charge in [-0.3, -0.25) is 0 Å². The lowest BCUT2D eigenvalue weighted by molar-refractivity contribution is 0.232. The van der Waals surface area contributed by atoms with E-state index in [0.717, 1.165) is 37.5 Å². The Kier molecular flexibility index (Phi) is 7.44. The van der Waals surface area contributed by atoms with E-state index >= 15 is 0 Å². The Morgan fingerprint density at radius 3 is 2.58 bits per heavy atom. The summed E-state index contributed by atoms with van der Waals surface area (Å²) in [5.41, 5.74) is 6.12. The zero-order valence-electron chi connectivity index (χ0n) is 20.1. The van der Waals surface area contributed by atoms with E-state index in [4.69, 9.17) is 15.0 Å². The molecule has 0 saturated heterocycles. The van der Waals surface area contributed by atoms with Gasteiger partial charge in [-0.25, -0.2) is 4.98 Å². The van der Waals surface area contributed by atoms with Crippen LogP contribution in [0, 0.1) is 31.1 Å². The first-order valence-corrected chi connectivity index (χ1v) is 12.2. The lowest BCUT2D eigenvalue weighted by Gasteiger charge is -2.32. The number of nitriles is 1. The van der Waals surface area contributed by atoms with Gasteiger partial charge < -0.3 is 9.64 Å². The molecule has 0 radical (unpaired) electrons. The summed E-state index contributed by atoms with van der Waals surface area (Å²) in [5, 5.41) is 10.3. The highest BCUT2D eigenvalue weighted by molar-refractivity contribution is 5.96. The highest BCUT2D eigenvalue weighted by Gasteiger charge is 2.23. The quantitative estimate of drug-likeness (QED) is 0.457. The van der Waals surface area contributed by atoms with Crippen molar-refractivity contribution in [2.24, 2.45) is 5.92 Å². The molecule has 1 aromatic heterocycles. The Morgan fingerprint density at radius 1 is 1.12 bits per heavy atom. The van der Waals surface area contributed by atoms with Gasteiger partial charge >= 0.3 is 6.01 Å². The largest absolute Gasteiger partial charge is 0.463 e. The van der Waals surface area contributed by atoms with Crippen LogP contribution >= 0.6 is 0 Å². The van der Waals surface area contributed by atoms with E-state index in [1.54, 1.807) is 0 Å². The Bertz CT molecular complexity index is 1150. The van der Waals surface area contributed by atoms with Gasteiger partial charge in [-0.1, -0.05) is 50.1 Å². The lowest BCUT2D eigenvalue weighted by Crippen LogP contribution is -2.32. The van der Waals surface area contributed by atoms with Gasteiger partial charge in [0.05, 0.1) is 24.9 Å². The van der Waals surface area contributed by atoms with Crippen molar-refractivity contribution in [1.82, 2.24) is 9.97 Å². The Morgan fingerprint density at radius 2 is 1.85 bits per heavy atom. The van der Waals surface area contributed by atoms with Crippen molar-refractivity contribution in [3.8, 4) is 12.1 Å². The van der Waals surface area contributed by atoms with Gasteiger partial charge in [0.2, 0.25) is 0 Å². The van der Waals surface area contributed by atoms with E-state index in [2.05, 4.69) is 60.1 Å². The molecule has 0 bridgehead atoms. The maximum absolute atomic E-state index is 7.62. The molecule has 2 heterocycles. The van der Waals surface area contributed by atoms with Crippen molar-refractivity contribution < 1.29 is 6.16 Å². The van der Waals surface area contributed by atoms with E-state index in [1.165, 1.54) is 53.3 Å². The molecule has 3 aromatic rings. The molecule has 5 nitrogen and oxygen atoms in total. The second-order valence-electron chi connectivity index (χ2n) is 9.11. The highest BCUT2D eigenvalue weighted by Crippen LogP contribution is 2.33. The smallest absolute Gasteiger partial charge is 0.316 e. The number of rotatable bonds is 4. The summed E-state index contributed by atoms with van der Waals surface area (Å²) in [6.07, 6.45) is 6.82. The molecule has 5 heteroatoms. The van der Waals surface area contributed by atoms with Crippen LogP contribution in [0.15, 0.2) is 36.4 Å². The highest BCUT2D eigenvalue weighted by atomic mass is 16.5. The number of benzene rings is 2. The lowest BCUT2D eigenvalue weighted by atomic mass is 9.99. The number of fused-ring (bicyclic) bond motifs is 2. The second-order valence-corrected chi connectivity index (χ2v) is 9.11. The minimum absolute atomic E-state index is 0. The average molecular weight is 445 g/mol. The van der Waals surface area contributed by atoms with Crippen molar-refractivity contribution in [1.29, 1.82) is 5.26 Å². The predicted molar refractivity (Wildman–Crippen MR) is 136 cm³/mol. The molecule has 1 aliphatic carbocycles. The SMILES string of the molecule is CCC#N.Cc1nc(OCC2CCCC2)nc2c1CCN(c1cccc3cccc(C)c13)C2.[HH]. The molecule has 174 valence electrons. The van der Waals surface area contributed by atoms with Crippen molar-refractivity contribution in [3.05, 3.63) is 58.9 Å². The third-order valence-electron chi connectivity index (χ3n) is 6.76. The van der Waals surface area contributed by atoms with Crippen LogP contribution in [0.4, 0.5) is 5.69 Å². The van der Waals surface area contributed by atoms with Crippen molar-refractivity contribution in [3.63, 3.8) is 0 Å². The molecular formula is C28H36N4O. The topological polar surface area (TPSA) is 62.0 Å². The van der Waals surface area contributed by atoms with Crippen LogP contribution in [0.3, 0.4) is 0 Å². The molecule has 2 aliphatic rings. The number of hydrogen-bond donors (Lipinski definition) is 0. The third-order valence-corrected chi connectivity index (χ3v) is 6.76. The Hall–Kier alpha value is -3.13. The molecule has 0 N–H and O–H groups in total. The van der Waals surface area contributed by atoms with Gasteiger partial charge in [0.25, 0.3) is 0 Å². The molecule has 1 aliphatic heterocycles. The first-order chi connectivity index (χ1) is 16.1. The van der Waals surface area contributed by atoms with Crippen LogP contribution in [0.1, 0.15) is 63.0 Å². The minimum atomic E-state index is 0. The number of ether oxygens (including phenoxy) is 1. The van der Waals surface area contributed by atoms with Gasteiger partial charge in [0.15, 0.2) is 0 Å². The van der Waals surface area contributed by atoms with E-state index in [1.807, 2.05) is 13.0 Å². The molecule has 5 rings (SSSR count). The number of hydrogen-bond acceptors (Lipinski definition) is 5. The summed E-state index contributed by atoms with van der Waals surface area (Å²) in [7, 11) is 0. The van der Waals surface area contributed by atoms with Gasteiger partial charge in [0, 0.05) is 31.2 Å². The molecule has 2 aromatic carbocycles. The van der Waals surface area contributed by atoms with Crippen LogP contribution in [0.25, 0.3) is 10.8 Å². The first kappa shape index (κ1) is 23.0. The van der Waals surface area contributed by atoms with Gasteiger partial charge in [-0.15, -0.1) is 0 Å². The summed E-state index contributed by atoms with van der Waals surface area (Å²) in [4.78, 5) is 12.0. The molecule has 1 fully saturated rings. The molecular weight excluding hydrogens is 408 g/mol. The maximum atomic E-state index is 7.62. The maximum Gasteiger partial charge on any atom is 0.316 e. The predicted octanol–water partition coefficient (Wildman–Crippen LogP) is 6.54. The summed E-state index contributed by atoms with van der Waals surface area (Å²) in [6.45, 7) is 8.68. The Balaban J connectivity index is 0.000000603. The zero-order valence-corrected chi connectivity index (χ0v) is 20.1. The normalized spacial score (nSPS) is 15.5. The van der Waals surface area contributed by atoms with Gasteiger partial charge in [-0.2, -0.15) is 10.2 Å². The van der Waals surface area contributed by atoms with E-state index in [9.17, 15) is 0 Å². The van der Waals surface area contributed by atoms with Gasteiger partial charge in [-0.05, 0) is 61.6 Å². The standard InChI is InChI=1S/C25H29N3O.C3H5N.H2/c1-17-7-5-10-20-11-6-12-23(24(17)20)28-14-13-21-18(2)26-25(27-22(21)15-28)29-16-19-8-3-4-9-19;1-2-3-4;/h5-7,10-12,19H,3-4,8-9,13-16H2,1-2H3;2H2,1H3;1H. The molecule has 0 unspecified atom stereocenters. The van der Waals surface area contributed by atoms with Crippen LogP contribution in [0.2, 0.25) is 0 Å². The fourth-order valence-electron chi connectivity index (χ4n) is 5.00. The van der Waals surface area contributed by atoms with Crippen LogP contribution in [0.5, 0.6) is 6.01 Å². The monoisotopic (exact) mass is 444 g/mol. The van der Waals surface area contributed by atoms with E-state index < -0.39 is 0 Å². The number of nitrogens with zero attached hydrogens (tertiary/aromatic N) is 4. The number of aromatic nitrogens is 2. The summed E-state index contributed by atoms with van der Waals surface area (Å²) >= 11 is 0. The zero-order chi connectivity index (χ0) is 23.2. The Labute approximate surface area is 198 Å². The molecule has 0 amide bonds. The van der Waals surface area contributed by atoms with Crippen molar-refractivity contribution in [2.75, 3.05) is 18.1 Å². The molecule has 33 heavy (non-hydrogen) atoms. The molecule has 0 spiro atoms. The summed E-state index contributed by atoms with van der Waals surface area (Å²) < 4.78 is 6.03. The van der Waals surface area contributed by atoms with Crippen molar-refractivity contribution >= 4 is 16.5 Å². The molecule has 0 atom stereocenters. The van der Waals surface area contributed by atoms with E-state index in [0.29, 0.717) is 18.3 Å².